The SMILES string of the molecule is Cc1ccc2nc(C(C)C)c(N=Nc3cccc(C)c3C)n2c1. The van der Waals surface area contributed by atoms with Crippen LogP contribution >= 0.6 is 0 Å². The zero-order chi connectivity index (χ0) is 16.6. The smallest absolute Gasteiger partial charge is 0.183 e. The number of hydrogen-bond donors (Lipinski definition) is 0. The van der Waals surface area contributed by atoms with E-state index in [-0.39, 0.29) is 0 Å². The molecule has 0 amide bonds. The first-order valence-corrected chi connectivity index (χ1v) is 7.94. The summed E-state index contributed by atoms with van der Waals surface area (Å²) < 4.78 is 2.03. The summed E-state index contributed by atoms with van der Waals surface area (Å²) in [5, 5.41) is 9.05. The van der Waals surface area contributed by atoms with E-state index in [0.29, 0.717) is 5.92 Å². The molecule has 0 N–H and O–H groups in total. The van der Waals surface area contributed by atoms with Crippen LogP contribution in [0, 0.1) is 20.8 Å². The van der Waals surface area contributed by atoms with Crippen LogP contribution in [-0.4, -0.2) is 9.38 Å². The van der Waals surface area contributed by atoms with E-state index in [1.807, 2.05) is 22.6 Å². The number of benzene rings is 1. The Labute approximate surface area is 136 Å². The van der Waals surface area contributed by atoms with Crippen molar-refractivity contribution in [2.75, 3.05) is 0 Å². The minimum Gasteiger partial charge on any atom is -0.283 e. The number of hydrogen-bond acceptors (Lipinski definition) is 3. The van der Waals surface area contributed by atoms with Gasteiger partial charge in [-0.3, -0.25) is 4.40 Å². The van der Waals surface area contributed by atoms with Crippen LogP contribution in [0.3, 0.4) is 0 Å². The van der Waals surface area contributed by atoms with Gasteiger partial charge in [0.2, 0.25) is 0 Å². The van der Waals surface area contributed by atoms with E-state index in [0.717, 1.165) is 28.4 Å². The maximum atomic E-state index is 4.71. The lowest BCUT2D eigenvalue weighted by atomic mass is 10.1. The molecule has 118 valence electrons. The van der Waals surface area contributed by atoms with Crippen LogP contribution in [0.1, 0.15) is 42.1 Å². The van der Waals surface area contributed by atoms with Crippen LogP contribution in [-0.2, 0) is 0 Å². The summed E-state index contributed by atoms with van der Waals surface area (Å²) in [6, 6.07) is 10.2. The monoisotopic (exact) mass is 306 g/mol. The third-order valence-electron chi connectivity index (χ3n) is 4.14. The molecule has 0 aliphatic heterocycles. The van der Waals surface area contributed by atoms with Gasteiger partial charge in [-0.25, -0.2) is 4.98 Å². The molecule has 0 radical (unpaired) electrons. The van der Waals surface area contributed by atoms with Crippen molar-refractivity contribution in [3.05, 3.63) is 58.9 Å². The highest BCUT2D eigenvalue weighted by molar-refractivity contribution is 5.54. The van der Waals surface area contributed by atoms with Crippen LogP contribution in [0.2, 0.25) is 0 Å². The molecule has 0 bridgehead atoms. The summed E-state index contributed by atoms with van der Waals surface area (Å²) in [7, 11) is 0. The summed E-state index contributed by atoms with van der Waals surface area (Å²) in [6.07, 6.45) is 2.06. The first kappa shape index (κ1) is 15.4. The fourth-order valence-corrected chi connectivity index (χ4v) is 2.59. The van der Waals surface area contributed by atoms with Gasteiger partial charge < -0.3 is 0 Å². The molecule has 0 fully saturated rings. The molecule has 0 saturated heterocycles. The molecule has 0 aliphatic carbocycles. The number of imidazole rings is 1. The highest BCUT2D eigenvalue weighted by Crippen LogP contribution is 2.30. The third-order valence-corrected chi connectivity index (χ3v) is 4.14. The number of azo groups is 1. The maximum absolute atomic E-state index is 4.71. The lowest BCUT2D eigenvalue weighted by Gasteiger charge is -2.04. The predicted octanol–water partition coefficient (Wildman–Crippen LogP) is 5.80. The Morgan fingerprint density at radius 2 is 1.78 bits per heavy atom. The largest absolute Gasteiger partial charge is 0.283 e. The van der Waals surface area contributed by atoms with Crippen molar-refractivity contribution >= 4 is 17.2 Å². The van der Waals surface area contributed by atoms with Crippen LogP contribution in [0.15, 0.2) is 46.8 Å². The second-order valence-corrected chi connectivity index (χ2v) is 6.33. The van der Waals surface area contributed by atoms with Gasteiger partial charge in [-0.05, 0) is 55.5 Å². The second-order valence-electron chi connectivity index (χ2n) is 6.33. The van der Waals surface area contributed by atoms with Crippen molar-refractivity contribution in [2.24, 2.45) is 10.2 Å². The zero-order valence-electron chi connectivity index (χ0n) is 14.3. The Morgan fingerprint density at radius 3 is 2.52 bits per heavy atom. The quantitative estimate of drug-likeness (QED) is 0.564. The summed E-state index contributed by atoms with van der Waals surface area (Å²) >= 11 is 0. The highest BCUT2D eigenvalue weighted by atomic mass is 15.2. The average Bonchev–Trinajstić information content (AvgIpc) is 2.87. The van der Waals surface area contributed by atoms with Gasteiger partial charge in [-0.1, -0.05) is 32.0 Å². The number of nitrogens with zero attached hydrogens (tertiary/aromatic N) is 4. The van der Waals surface area contributed by atoms with Gasteiger partial charge in [0.05, 0.1) is 11.4 Å². The molecule has 0 atom stereocenters. The first-order valence-electron chi connectivity index (χ1n) is 7.94. The van der Waals surface area contributed by atoms with Gasteiger partial charge in [0.25, 0.3) is 0 Å². The molecule has 1 aromatic carbocycles. The average molecular weight is 306 g/mol. The molecule has 0 spiro atoms. The van der Waals surface area contributed by atoms with E-state index in [2.05, 4.69) is 63.2 Å². The van der Waals surface area contributed by atoms with Crippen molar-refractivity contribution in [1.29, 1.82) is 0 Å². The number of fused-ring (bicyclic) bond motifs is 1. The summed E-state index contributed by atoms with van der Waals surface area (Å²) in [5.74, 6) is 1.11. The zero-order valence-corrected chi connectivity index (χ0v) is 14.3. The molecule has 0 unspecified atom stereocenters. The van der Waals surface area contributed by atoms with Gasteiger partial charge in [-0.2, -0.15) is 0 Å². The second kappa shape index (κ2) is 5.95. The molecule has 4 heteroatoms. The minimum atomic E-state index is 0.294. The van der Waals surface area contributed by atoms with Crippen molar-refractivity contribution in [2.45, 2.75) is 40.5 Å². The van der Waals surface area contributed by atoms with Crippen LogP contribution < -0.4 is 0 Å². The van der Waals surface area contributed by atoms with E-state index in [4.69, 9.17) is 4.98 Å². The summed E-state index contributed by atoms with van der Waals surface area (Å²) in [4.78, 5) is 4.71. The number of pyridine rings is 1. The number of aromatic nitrogens is 2. The summed E-state index contributed by atoms with van der Waals surface area (Å²) in [5.41, 5.74) is 6.35. The normalized spacial score (nSPS) is 11.9. The van der Waals surface area contributed by atoms with Crippen molar-refractivity contribution < 1.29 is 0 Å². The maximum Gasteiger partial charge on any atom is 0.183 e. The van der Waals surface area contributed by atoms with E-state index in [1.54, 1.807) is 0 Å². The molecule has 2 heterocycles. The summed E-state index contributed by atoms with van der Waals surface area (Å²) in [6.45, 7) is 10.5. The number of rotatable bonds is 3. The molecule has 3 rings (SSSR count). The van der Waals surface area contributed by atoms with Gasteiger partial charge in [0, 0.05) is 6.20 Å². The lowest BCUT2D eigenvalue weighted by molar-refractivity contribution is 0.831. The minimum absolute atomic E-state index is 0.294. The molecular weight excluding hydrogens is 284 g/mol. The molecule has 2 aromatic heterocycles. The fourth-order valence-electron chi connectivity index (χ4n) is 2.59. The fraction of sp³-hybridized carbons (Fsp3) is 0.316. The Bertz CT molecular complexity index is 888. The van der Waals surface area contributed by atoms with Crippen molar-refractivity contribution in [3.63, 3.8) is 0 Å². The van der Waals surface area contributed by atoms with Gasteiger partial charge >= 0.3 is 0 Å². The van der Waals surface area contributed by atoms with E-state index in [1.165, 1.54) is 11.1 Å². The lowest BCUT2D eigenvalue weighted by Crippen LogP contribution is -1.88. The molecule has 0 aliphatic rings. The van der Waals surface area contributed by atoms with Gasteiger partial charge in [-0.15, -0.1) is 10.2 Å². The van der Waals surface area contributed by atoms with Gasteiger partial charge in [0.1, 0.15) is 5.65 Å². The highest BCUT2D eigenvalue weighted by Gasteiger charge is 2.15. The topological polar surface area (TPSA) is 42.0 Å². The van der Waals surface area contributed by atoms with Gasteiger partial charge in [0.15, 0.2) is 5.82 Å². The third kappa shape index (κ3) is 2.89. The number of aryl methyl sites for hydroxylation is 2. The van der Waals surface area contributed by atoms with E-state index in [9.17, 15) is 0 Å². The van der Waals surface area contributed by atoms with E-state index >= 15 is 0 Å². The first-order chi connectivity index (χ1) is 11.0. The Hall–Kier alpha value is -2.49. The Kier molecular flexibility index (Phi) is 3.99. The van der Waals surface area contributed by atoms with Crippen LogP contribution in [0.5, 0.6) is 0 Å². The molecule has 3 aromatic rings. The molecule has 0 saturated carbocycles. The van der Waals surface area contributed by atoms with Crippen LogP contribution in [0.4, 0.5) is 11.5 Å². The Balaban J connectivity index is 2.14. The molecular formula is C19H22N4. The van der Waals surface area contributed by atoms with E-state index < -0.39 is 0 Å². The molecule has 23 heavy (non-hydrogen) atoms. The molecule has 4 nitrogen and oxygen atoms in total. The standard InChI is InChI=1S/C19H22N4/c1-12(2)18-19(23-11-13(3)9-10-17(23)20-18)22-21-16-8-6-7-14(4)15(16)5/h6-12H,1-5H3. The van der Waals surface area contributed by atoms with Crippen molar-refractivity contribution in [3.8, 4) is 0 Å². The van der Waals surface area contributed by atoms with Crippen LogP contribution in [0.25, 0.3) is 5.65 Å². The Morgan fingerprint density at radius 1 is 1.00 bits per heavy atom. The van der Waals surface area contributed by atoms with Crippen molar-refractivity contribution in [1.82, 2.24) is 9.38 Å². The predicted molar refractivity (Wildman–Crippen MR) is 94.1 cm³/mol.